The molecule has 0 fully saturated rings. The Morgan fingerprint density at radius 1 is 1.23 bits per heavy atom. The average molecular weight is 300 g/mol. The third kappa shape index (κ3) is 3.19. The summed E-state index contributed by atoms with van der Waals surface area (Å²) in [7, 11) is 0. The van der Waals surface area contributed by atoms with Crippen molar-refractivity contribution in [2.45, 2.75) is 0 Å². The van der Waals surface area contributed by atoms with Gasteiger partial charge in [0.15, 0.2) is 0 Å². The summed E-state index contributed by atoms with van der Waals surface area (Å²) in [5, 5.41) is 2.82. The molecule has 22 heavy (non-hydrogen) atoms. The van der Waals surface area contributed by atoms with Crippen LogP contribution in [0.15, 0.2) is 48.5 Å². The minimum Gasteiger partial charge on any atom is -0.490 e. The van der Waals surface area contributed by atoms with Crippen LogP contribution in [0.2, 0.25) is 0 Å². The number of para-hydroxylation sites is 2. The largest absolute Gasteiger partial charge is 0.490 e. The summed E-state index contributed by atoms with van der Waals surface area (Å²) in [6, 6.07) is 13.5. The lowest BCUT2D eigenvalue weighted by Crippen LogP contribution is -2.39. The van der Waals surface area contributed by atoms with Crippen molar-refractivity contribution < 1.29 is 13.9 Å². The van der Waals surface area contributed by atoms with Crippen molar-refractivity contribution >= 4 is 11.6 Å². The van der Waals surface area contributed by atoms with Crippen LogP contribution in [0.3, 0.4) is 0 Å². The van der Waals surface area contributed by atoms with E-state index in [4.69, 9.17) is 4.74 Å². The van der Waals surface area contributed by atoms with E-state index in [0.29, 0.717) is 25.3 Å². The highest BCUT2D eigenvalue weighted by atomic mass is 19.1. The van der Waals surface area contributed by atoms with E-state index in [2.05, 4.69) is 10.2 Å². The van der Waals surface area contributed by atoms with E-state index in [0.717, 1.165) is 18.0 Å². The highest BCUT2D eigenvalue weighted by molar-refractivity contribution is 5.94. The normalized spacial score (nSPS) is 13.2. The van der Waals surface area contributed by atoms with Gasteiger partial charge in [-0.3, -0.25) is 4.79 Å². The van der Waals surface area contributed by atoms with Crippen LogP contribution in [0, 0.1) is 5.82 Å². The van der Waals surface area contributed by atoms with Crippen LogP contribution in [-0.2, 0) is 0 Å². The van der Waals surface area contributed by atoms with E-state index in [1.807, 2.05) is 24.3 Å². The Hall–Kier alpha value is -2.56. The lowest BCUT2D eigenvalue weighted by atomic mass is 10.2. The Balaban J connectivity index is 1.57. The fourth-order valence-electron chi connectivity index (χ4n) is 2.50. The molecule has 0 unspecified atom stereocenters. The van der Waals surface area contributed by atoms with Crippen molar-refractivity contribution in [2.24, 2.45) is 0 Å². The van der Waals surface area contributed by atoms with E-state index in [-0.39, 0.29) is 5.91 Å². The molecule has 0 spiro atoms. The van der Waals surface area contributed by atoms with Crippen molar-refractivity contribution in [3.63, 3.8) is 0 Å². The van der Waals surface area contributed by atoms with Gasteiger partial charge < -0.3 is 15.0 Å². The number of nitrogens with one attached hydrogen (secondary N) is 1. The molecule has 0 aromatic heterocycles. The van der Waals surface area contributed by atoms with E-state index < -0.39 is 5.82 Å². The number of nitrogens with zero attached hydrogens (tertiary/aromatic N) is 1. The van der Waals surface area contributed by atoms with Crippen LogP contribution in [0.25, 0.3) is 0 Å². The second-order valence-corrected chi connectivity index (χ2v) is 5.07. The number of carbonyl (C=O) groups excluding carboxylic acids is 1. The van der Waals surface area contributed by atoms with Gasteiger partial charge in [-0.25, -0.2) is 4.39 Å². The van der Waals surface area contributed by atoms with Gasteiger partial charge in [-0.2, -0.15) is 0 Å². The number of anilines is 1. The molecule has 2 aromatic carbocycles. The number of ether oxygens (including phenoxy) is 1. The number of benzene rings is 2. The van der Waals surface area contributed by atoms with Gasteiger partial charge in [0.2, 0.25) is 0 Å². The molecule has 0 saturated carbocycles. The number of rotatable bonds is 4. The van der Waals surface area contributed by atoms with E-state index in [1.165, 1.54) is 18.2 Å². The van der Waals surface area contributed by atoms with Crippen molar-refractivity contribution in [1.29, 1.82) is 0 Å². The van der Waals surface area contributed by atoms with E-state index in [9.17, 15) is 9.18 Å². The van der Waals surface area contributed by atoms with Gasteiger partial charge in [-0.1, -0.05) is 18.2 Å². The molecule has 114 valence electrons. The molecule has 0 radical (unpaired) electrons. The molecule has 4 nitrogen and oxygen atoms in total. The van der Waals surface area contributed by atoms with Crippen molar-refractivity contribution in [2.75, 3.05) is 31.1 Å². The molecule has 3 rings (SSSR count). The predicted molar refractivity (Wildman–Crippen MR) is 82.9 cm³/mol. The van der Waals surface area contributed by atoms with Gasteiger partial charge in [-0.05, 0) is 30.3 Å². The zero-order valence-corrected chi connectivity index (χ0v) is 12.1. The van der Waals surface area contributed by atoms with Crippen LogP contribution in [0.5, 0.6) is 5.75 Å². The highest BCUT2D eigenvalue weighted by Gasteiger charge is 2.17. The van der Waals surface area contributed by atoms with Crippen LogP contribution in [0.4, 0.5) is 10.1 Å². The molecule has 1 heterocycles. The van der Waals surface area contributed by atoms with Gasteiger partial charge in [0, 0.05) is 18.7 Å². The molecule has 1 aliphatic rings. The maximum absolute atomic E-state index is 13.1. The maximum Gasteiger partial charge on any atom is 0.251 e. The lowest BCUT2D eigenvalue weighted by molar-refractivity contribution is 0.0954. The zero-order valence-electron chi connectivity index (χ0n) is 12.1. The van der Waals surface area contributed by atoms with Crippen LogP contribution >= 0.6 is 0 Å². The Morgan fingerprint density at radius 2 is 2.09 bits per heavy atom. The Kier molecular flexibility index (Phi) is 4.23. The first-order valence-corrected chi connectivity index (χ1v) is 7.24. The Labute approximate surface area is 128 Å². The molecule has 0 aliphatic carbocycles. The summed E-state index contributed by atoms with van der Waals surface area (Å²) >= 11 is 0. The van der Waals surface area contributed by atoms with Gasteiger partial charge in [0.25, 0.3) is 5.91 Å². The second-order valence-electron chi connectivity index (χ2n) is 5.07. The molecule has 1 amide bonds. The van der Waals surface area contributed by atoms with Gasteiger partial charge >= 0.3 is 0 Å². The molecule has 1 aliphatic heterocycles. The summed E-state index contributed by atoms with van der Waals surface area (Å²) in [5.74, 6) is 0.195. The minimum atomic E-state index is -0.408. The summed E-state index contributed by atoms with van der Waals surface area (Å²) in [5.41, 5.74) is 1.37. The summed E-state index contributed by atoms with van der Waals surface area (Å²) < 4.78 is 18.7. The Bertz CT molecular complexity index is 675. The molecular formula is C17H17FN2O2. The molecule has 0 saturated heterocycles. The van der Waals surface area contributed by atoms with E-state index in [1.54, 1.807) is 6.07 Å². The molecule has 1 N–H and O–H groups in total. The molecular weight excluding hydrogens is 283 g/mol. The molecule has 0 bridgehead atoms. The number of hydrogen-bond acceptors (Lipinski definition) is 3. The topological polar surface area (TPSA) is 41.6 Å². The maximum atomic E-state index is 13.1. The van der Waals surface area contributed by atoms with Gasteiger partial charge in [0.1, 0.15) is 18.2 Å². The number of fused-ring (bicyclic) bond motifs is 1. The van der Waals surface area contributed by atoms with Crippen LogP contribution in [-0.4, -0.2) is 32.1 Å². The molecule has 0 atom stereocenters. The van der Waals surface area contributed by atoms with E-state index >= 15 is 0 Å². The van der Waals surface area contributed by atoms with Gasteiger partial charge in [-0.15, -0.1) is 0 Å². The smallest absolute Gasteiger partial charge is 0.251 e. The highest BCUT2D eigenvalue weighted by Crippen LogP contribution is 2.30. The van der Waals surface area contributed by atoms with Crippen molar-refractivity contribution in [3.8, 4) is 5.75 Å². The fourth-order valence-corrected chi connectivity index (χ4v) is 2.50. The first kappa shape index (κ1) is 14.4. The summed E-state index contributed by atoms with van der Waals surface area (Å²) in [6.07, 6.45) is 0. The van der Waals surface area contributed by atoms with Crippen LogP contribution in [0.1, 0.15) is 10.4 Å². The quantitative estimate of drug-likeness (QED) is 0.943. The summed E-state index contributed by atoms with van der Waals surface area (Å²) in [6.45, 7) is 2.59. The predicted octanol–water partition coefficient (Wildman–Crippen LogP) is 2.45. The van der Waals surface area contributed by atoms with Crippen molar-refractivity contribution in [1.82, 2.24) is 5.32 Å². The number of halogens is 1. The molecule has 5 heteroatoms. The third-order valence-corrected chi connectivity index (χ3v) is 3.58. The number of hydrogen-bond donors (Lipinski definition) is 1. The van der Waals surface area contributed by atoms with Crippen molar-refractivity contribution in [3.05, 3.63) is 59.9 Å². The second kappa shape index (κ2) is 6.47. The standard InChI is InChI=1S/C17H17FN2O2/c18-14-5-3-4-13(12-14)17(21)19-8-9-20-10-11-22-16-7-2-1-6-15(16)20/h1-7,12H,8-11H2,(H,19,21). The average Bonchev–Trinajstić information content (AvgIpc) is 2.55. The lowest BCUT2D eigenvalue weighted by Gasteiger charge is -2.31. The van der Waals surface area contributed by atoms with Crippen LogP contribution < -0.4 is 15.0 Å². The monoisotopic (exact) mass is 300 g/mol. The molecule has 2 aromatic rings. The minimum absolute atomic E-state index is 0.263. The Morgan fingerprint density at radius 3 is 2.95 bits per heavy atom. The summed E-state index contributed by atoms with van der Waals surface area (Å²) in [4.78, 5) is 14.1. The van der Waals surface area contributed by atoms with Gasteiger partial charge in [0.05, 0.1) is 12.2 Å². The number of amides is 1. The third-order valence-electron chi connectivity index (χ3n) is 3.58. The zero-order chi connectivity index (χ0) is 15.4. The SMILES string of the molecule is O=C(NCCN1CCOc2ccccc21)c1cccc(F)c1. The fraction of sp³-hybridized carbons (Fsp3) is 0.235. The first-order chi connectivity index (χ1) is 10.7. The first-order valence-electron chi connectivity index (χ1n) is 7.24. The number of carbonyl (C=O) groups is 1.